The van der Waals surface area contributed by atoms with Crippen molar-refractivity contribution >= 4 is 35.6 Å². The monoisotopic (exact) mass is 831 g/mol. The highest BCUT2D eigenvalue weighted by atomic mass is 16.6. The minimum Gasteiger partial charge on any atom is -0.481 e. The first-order valence-electron chi connectivity index (χ1n) is 19.9. The Bertz CT molecular complexity index is 1670. The molecule has 1 aliphatic heterocycles. The summed E-state index contributed by atoms with van der Waals surface area (Å²) < 4.78 is 16.8. The quantitative estimate of drug-likeness (QED) is 0.0495. The van der Waals surface area contributed by atoms with Crippen molar-refractivity contribution in [2.75, 3.05) is 19.7 Å². The molecule has 0 saturated carbocycles. The molecule has 1 aliphatic carbocycles. The third-order valence-corrected chi connectivity index (χ3v) is 10.1. The summed E-state index contributed by atoms with van der Waals surface area (Å²) in [6.45, 7) is 13.6. The normalized spacial score (nSPS) is 24.0. The van der Waals surface area contributed by atoms with E-state index in [1.807, 2.05) is 19.1 Å². The molecule has 59 heavy (non-hydrogen) atoms. The summed E-state index contributed by atoms with van der Waals surface area (Å²) in [4.78, 5) is 74.6. The molecule has 1 saturated heterocycles. The summed E-state index contributed by atoms with van der Waals surface area (Å²) in [5.74, 6) is -4.68. The van der Waals surface area contributed by atoms with E-state index in [1.54, 1.807) is 13.0 Å². The molecule has 2 rings (SSSR count). The summed E-state index contributed by atoms with van der Waals surface area (Å²) in [5.41, 5.74) is 16.0. The van der Waals surface area contributed by atoms with Crippen molar-refractivity contribution < 1.29 is 58.3 Å². The number of nitrogens with two attached hydrogens (primary N) is 2. The molecule has 1 heterocycles. The van der Waals surface area contributed by atoms with Gasteiger partial charge < -0.3 is 56.5 Å². The molecule has 0 bridgehead atoms. The highest BCUT2D eigenvalue weighted by Gasteiger charge is 2.47. The van der Waals surface area contributed by atoms with Crippen molar-refractivity contribution in [3.05, 3.63) is 58.7 Å². The van der Waals surface area contributed by atoms with E-state index < -0.39 is 97.4 Å². The number of aliphatic hydroxyl groups excluding tert-OH is 2. The van der Waals surface area contributed by atoms with Gasteiger partial charge in [-0.1, -0.05) is 55.4 Å². The Morgan fingerprint density at radius 3 is 2.32 bits per heavy atom. The lowest BCUT2D eigenvalue weighted by Crippen LogP contribution is -2.65. The van der Waals surface area contributed by atoms with Crippen molar-refractivity contribution in [3.8, 4) is 0 Å². The second-order valence-corrected chi connectivity index (χ2v) is 16.0. The minimum absolute atomic E-state index is 0.0550. The van der Waals surface area contributed by atoms with E-state index in [-0.39, 0.29) is 31.3 Å². The fourth-order valence-electron chi connectivity index (χ4n) is 7.03. The number of carboxylic acid groups (broad SMARTS) is 1. The SMILES string of the molecule is CC(=O)N[C@@H]1[C@@H](OC(C)CN(C(=O)[C@H](C)N)[C@@H](CCC(=O)O)C(N)=O)[C@H](O)[C@@H](COC(=O)CCNC(=O)C=C(C)C=CC=C(C)C=CC2=C(C)CCCC2(C)C)O[C@@H]1O. The van der Waals surface area contributed by atoms with Gasteiger partial charge in [0.1, 0.15) is 37.0 Å². The van der Waals surface area contributed by atoms with Crippen LogP contribution >= 0.6 is 0 Å². The number of ether oxygens (including phenoxy) is 3. The summed E-state index contributed by atoms with van der Waals surface area (Å²) >= 11 is 0. The molecule has 17 heteroatoms. The summed E-state index contributed by atoms with van der Waals surface area (Å²) in [6, 6.07) is -3.78. The van der Waals surface area contributed by atoms with Crippen molar-refractivity contribution in [1.82, 2.24) is 15.5 Å². The van der Waals surface area contributed by atoms with Gasteiger partial charge in [-0.2, -0.15) is 0 Å². The fourth-order valence-corrected chi connectivity index (χ4v) is 7.03. The van der Waals surface area contributed by atoms with Gasteiger partial charge >= 0.3 is 11.9 Å². The molecule has 0 aromatic heterocycles. The lowest BCUT2D eigenvalue weighted by Gasteiger charge is -2.44. The molecule has 1 unspecified atom stereocenters. The zero-order chi connectivity index (χ0) is 44.6. The summed E-state index contributed by atoms with van der Waals surface area (Å²) in [6.07, 6.45) is 6.70. The van der Waals surface area contributed by atoms with Gasteiger partial charge in [0.25, 0.3) is 0 Å². The topological polar surface area (TPSA) is 270 Å². The minimum atomic E-state index is -1.74. The smallest absolute Gasteiger partial charge is 0.307 e. The summed E-state index contributed by atoms with van der Waals surface area (Å²) in [5, 5.41) is 36.3. The molecule has 9 N–H and O–H groups in total. The predicted molar refractivity (Wildman–Crippen MR) is 219 cm³/mol. The van der Waals surface area contributed by atoms with Crippen LogP contribution in [-0.4, -0.2) is 124 Å². The van der Waals surface area contributed by atoms with Crippen LogP contribution in [0.4, 0.5) is 0 Å². The first kappa shape index (κ1) is 50.5. The number of hydrogen-bond acceptors (Lipinski definition) is 12. The lowest BCUT2D eigenvalue weighted by atomic mass is 9.72. The van der Waals surface area contributed by atoms with E-state index in [1.165, 1.54) is 44.4 Å². The number of carbonyl (C=O) groups excluding carboxylic acids is 5. The maximum absolute atomic E-state index is 13.0. The van der Waals surface area contributed by atoms with Gasteiger partial charge in [0.05, 0.1) is 18.6 Å². The van der Waals surface area contributed by atoms with Crippen molar-refractivity contribution in [2.24, 2.45) is 16.9 Å². The number of nitrogens with one attached hydrogen (secondary N) is 2. The number of carboxylic acids is 1. The number of amides is 4. The number of aliphatic carboxylic acids is 1. The van der Waals surface area contributed by atoms with Crippen LogP contribution < -0.4 is 22.1 Å². The molecular formula is C42H65N5O12. The Hall–Kier alpha value is -4.68. The Morgan fingerprint density at radius 2 is 1.73 bits per heavy atom. The van der Waals surface area contributed by atoms with Crippen LogP contribution in [-0.2, 0) is 43.0 Å². The maximum Gasteiger partial charge on any atom is 0.307 e. The number of hydrogen-bond donors (Lipinski definition) is 7. The van der Waals surface area contributed by atoms with Gasteiger partial charge in [-0.25, -0.2) is 0 Å². The highest BCUT2D eigenvalue weighted by Crippen LogP contribution is 2.40. The molecule has 8 atom stereocenters. The number of aliphatic hydroxyl groups is 2. The zero-order valence-corrected chi connectivity index (χ0v) is 35.6. The van der Waals surface area contributed by atoms with Gasteiger partial charge in [0.2, 0.25) is 23.6 Å². The molecule has 0 spiro atoms. The highest BCUT2D eigenvalue weighted by molar-refractivity contribution is 5.89. The van der Waals surface area contributed by atoms with Gasteiger partial charge in [-0.05, 0) is 76.9 Å². The molecular weight excluding hydrogens is 766 g/mol. The van der Waals surface area contributed by atoms with Crippen molar-refractivity contribution in [2.45, 2.75) is 143 Å². The lowest BCUT2D eigenvalue weighted by molar-refractivity contribution is -0.269. The number of primary amides is 1. The van der Waals surface area contributed by atoms with Crippen LogP contribution in [0.5, 0.6) is 0 Å². The standard InChI is InChI=1S/C42H65N5O12/c1-24(14-15-30-26(3)13-10-19-42(30,7)8)11-9-12-25(2)21-33(49)45-20-18-35(52)57-23-32-37(53)38(36(41(56)59-32)46-29(6)48)58-27(4)22-47(40(55)28(5)43)31(39(44)54)16-17-34(50)51/h9,11-12,14-15,21,27-28,31-32,36-38,41,53,56H,10,13,16-20,22-23,43H2,1-8H3,(H2,44,54)(H,45,49)(H,46,48)(H,50,51)/t27?,28-,31-,32+,36+,37+,38+,41-/m0/s1. The average Bonchev–Trinajstić information content (AvgIpc) is 3.12. The molecule has 0 aromatic rings. The van der Waals surface area contributed by atoms with Gasteiger partial charge in [-0.3, -0.25) is 28.8 Å². The average molecular weight is 832 g/mol. The van der Waals surface area contributed by atoms with Crippen LogP contribution in [0.25, 0.3) is 0 Å². The Labute approximate surface area is 346 Å². The van der Waals surface area contributed by atoms with Crippen molar-refractivity contribution in [3.63, 3.8) is 0 Å². The number of allylic oxidation sites excluding steroid dienone is 9. The molecule has 330 valence electrons. The predicted octanol–water partition coefficient (Wildman–Crippen LogP) is 1.82. The van der Waals surface area contributed by atoms with Crippen LogP contribution in [0.3, 0.4) is 0 Å². The molecule has 0 radical (unpaired) electrons. The van der Waals surface area contributed by atoms with Gasteiger partial charge in [0, 0.05) is 32.5 Å². The number of rotatable bonds is 21. The van der Waals surface area contributed by atoms with Crippen LogP contribution in [0.1, 0.15) is 93.9 Å². The number of nitrogens with zero attached hydrogens (tertiary/aromatic N) is 1. The Balaban J connectivity index is 2.00. The van der Waals surface area contributed by atoms with Gasteiger partial charge in [0.15, 0.2) is 6.29 Å². The van der Waals surface area contributed by atoms with E-state index >= 15 is 0 Å². The van der Waals surface area contributed by atoms with Crippen LogP contribution in [0.15, 0.2) is 58.7 Å². The maximum atomic E-state index is 13.0. The molecule has 4 amide bonds. The Morgan fingerprint density at radius 1 is 1.05 bits per heavy atom. The third-order valence-electron chi connectivity index (χ3n) is 10.1. The van der Waals surface area contributed by atoms with Crippen molar-refractivity contribution in [1.29, 1.82) is 0 Å². The molecule has 0 aromatic carbocycles. The first-order valence-corrected chi connectivity index (χ1v) is 19.9. The zero-order valence-electron chi connectivity index (χ0n) is 35.6. The second kappa shape index (κ2) is 23.8. The second-order valence-electron chi connectivity index (χ2n) is 16.0. The largest absolute Gasteiger partial charge is 0.481 e. The van der Waals surface area contributed by atoms with Gasteiger partial charge in [-0.15, -0.1) is 0 Å². The summed E-state index contributed by atoms with van der Waals surface area (Å²) in [7, 11) is 0. The molecule has 17 nitrogen and oxygen atoms in total. The third kappa shape index (κ3) is 16.8. The fraction of sp³-hybridized carbons (Fsp3) is 0.619. The van der Waals surface area contributed by atoms with E-state index in [0.717, 1.165) is 23.3 Å². The van der Waals surface area contributed by atoms with E-state index in [9.17, 15) is 39.0 Å². The van der Waals surface area contributed by atoms with E-state index in [2.05, 4.69) is 43.6 Å². The molecule has 2 aliphatic rings. The van der Waals surface area contributed by atoms with Crippen LogP contribution in [0.2, 0.25) is 0 Å². The number of carbonyl (C=O) groups is 6. The number of esters is 1. The first-order chi connectivity index (χ1) is 27.5. The van der Waals surface area contributed by atoms with Crippen LogP contribution in [0, 0.1) is 5.41 Å². The van der Waals surface area contributed by atoms with E-state index in [4.69, 9.17) is 30.8 Å². The molecule has 1 fully saturated rings. The Kier molecular flexibility index (Phi) is 20.4. The van der Waals surface area contributed by atoms with E-state index in [0.29, 0.717) is 5.57 Å².